The van der Waals surface area contributed by atoms with Gasteiger partial charge in [-0.15, -0.1) is 0 Å². The van der Waals surface area contributed by atoms with E-state index in [0.717, 1.165) is 37.1 Å². The van der Waals surface area contributed by atoms with Crippen LogP contribution in [0.25, 0.3) is 0 Å². The zero-order valence-corrected chi connectivity index (χ0v) is 18.1. The second-order valence-corrected chi connectivity index (χ2v) is 8.44. The van der Waals surface area contributed by atoms with Gasteiger partial charge in [0, 0.05) is 16.8 Å². The number of para-hydroxylation sites is 2. The SMILES string of the molecule is CCCc1cccc(C(c2cccc(CCC)c2N)(C(C)C)C(C)C)c1N. The van der Waals surface area contributed by atoms with E-state index in [1.54, 1.807) is 0 Å². The quantitative estimate of drug-likeness (QED) is 0.534. The number of hydrogen-bond acceptors (Lipinski definition) is 2. The molecule has 27 heavy (non-hydrogen) atoms. The number of nitrogens with two attached hydrogens (primary N) is 2. The van der Waals surface area contributed by atoms with Crippen molar-refractivity contribution in [2.45, 2.75) is 72.6 Å². The number of benzene rings is 2. The molecule has 0 bridgehead atoms. The first-order valence-electron chi connectivity index (χ1n) is 10.6. The molecule has 148 valence electrons. The van der Waals surface area contributed by atoms with Crippen LogP contribution in [-0.2, 0) is 18.3 Å². The van der Waals surface area contributed by atoms with Crippen LogP contribution in [-0.4, -0.2) is 0 Å². The van der Waals surface area contributed by atoms with E-state index in [-0.39, 0.29) is 5.41 Å². The maximum absolute atomic E-state index is 6.77. The molecule has 0 unspecified atom stereocenters. The summed E-state index contributed by atoms with van der Waals surface area (Å²) in [4.78, 5) is 0. The van der Waals surface area contributed by atoms with Crippen LogP contribution in [0, 0.1) is 11.8 Å². The average Bonchev–Trinajstić information content (AvgIpc) is 2.61. The molecule has 2 rings (SSSR count). The molecular formula is C25H38N2. The van der Waals surface area contributed by atoms with E-state index >= 15 is 0 Å². The Morgan fingerprint density at radius 1 is 0.704 bits per heavy atom. The van der Waals surface area contributed by atoms with Crippen LogP contribution < -0.4 is 11.5 Å². The van der Waals surface area contributed by atoms with Gasteiger partial charge in [-0.1, -0.05) is 90.8 Å². The van der Waals surface area contributed by atoms with Gasteiger partial charge in [0.1, 0.15) is 0 Å². The van der Waals surface area contributed by atoms with E-state index < -0.39 is 0 Å². The molecule has 0 saturated carbocycles. The van der Waals surface area contributed by atoms with Crippen molar-refractivity contribution in [2.75, 3.05) is 11.5 Å². The van der Waals surface area contributed by atoms with E-state index in [0.29, 0.717) is 11.8 Å². The van der Waals surface area contributed by atoms with Crippen molar-refractivity contribution in [3.05, 3.63) is 58.7 Å². The lowest BCUT2D eigenvalue weighted by Gasteiger charge is -2.44. The van der Waals surface area contributed by atoms with E-state index in [4.69, 9.17) is 11.5 Å². The zero-order valence-electron chi connectivity index (χ0n) is 18.1. The van der Waals surface area contributed by atoms with Crippen molar-refractivity contribution in [1.82, 2.24) is 0 Å². The Balaban J connectivity index is 2.84. The van der Waals surface area contributed by atoms with Crippen molar-refractivity contribution in [3.63, 3.8) is 0 Å². The van der Waals surface area contributed by atoms with Gasteiger partial charge < -0.3 is 11.5 Å². The molecule has 0 fully saturated rings. The monoisotopic (exact) mass is 366 g/mol. The standard InChI is InChI=1S/C25H38N2/c1-7-11-19-13-9-15-21(23(19)26)25(17(3)4,18(5)6)22-16-10-14-20(12-8-2)24(22)27/h9-10,13-18H,7-8,11-12,26-27H2,1-6H3. The Labute approximate surface area is 166 Å². The van der Waals surface area contributed by atoms with Crippen LogP contribution in [0.15, 0.2) is 36.4 Å². The second-order valence-electron chi connectivity index (χ2n) is 8.44. The molecule has 0 spiro atoms. The molecule has 0 radical (unpaired) electrons. The molecule has 2 nitrogen and oxygen atoms in total. The van der Waals surface area contributed by atoms with E-state index in [2.05, 4.69) is 77.9 Å². The number of rotatable bonds is 8. The van der Waals surface area contributed by atoms with Gasteiger partial charge in [0.2, 0.25) is 0 Å². The van der Waals surface area contributed by atoms with Crippen molar-refractivity contribution in [1.29, 1.82) is 0 Å². The van der Waals surface area contributed by atoms with Crippen LogP contribution in [0.1, 0.15) is 76.6 Å². The summed E-state index contributed by atoms with van der Waals surface area (Å²) in [6.07, 6.45) is 4.21. The smallest absolute Gasteiger partial charge is 0.0388 e. The van der Waals surface area contributed by atoms with Crippen LogP contribution in [0.4, 0.5) is 11.4 Å². The Morgan fingerprint density at radius 2 is 1.07 bits per heavy atom. The maximum Gasteiger partial charge on any atom is 0.0388 e. The Bertz CT molecular complexity index is 693. The molecule has 0 amide bonds. The van der Waals surface area contributed by atoms with Gasteiger partial charge in [0.25, 0.3) is 0 Å². The first-order valence-corrected chi connectivity index (χ1v) is 10.6. The molecule has 0 aromatic heterocycles. The first kappa shape index (κ1) is 21.3. The third-order valence-electron chi connectivity index (χ3n) is 6.14. The molecule has 0 saturated heterocycles. The minimum Gasteiger partial charge on any atom is -0.398 e. The van der Waals surface area contributed by atoms with Crippen LogP contribution in [0.3, 0.4) is 0 Å². The van der Waals surface area contributed by atoms with Crippen molar-refractivity contribution < 1.29 is 0 Å². The molecule has 2 heteroatoms. The summed E-state index contributed by atoms with van der Waals surface area (Å²) < 4.78 is 0. The summed E-state index contributed by atoms with van der Waals surface area (Å²) in [5.74, 6) is 0.742. The third kappa shape index (κ3) is 3.72. The lowest BCUT2D eigenvalue weighted by Crippen LogP contribution is -2.41. The molecule has 0 aliphatic rings. The average molecular weight is 367 g/mol. The summed E-state index contributed by atoms with van der Waals surface area (Å²) in [6.45, 7) is 13.6. The lowest BCUT2D eigenvalue weighted by atomic mass is 9.59. The number of aryl methyl sites for hydroxylation is 2. The predicted molar refractivity (Wildman–Crippen MR) is 120 cm³/mol. The highest BCUT2D eigenvalue weighted by Gasteiger charge is 2.43. The third-order valence-corrected chi connectivity index (χ3v) is 6.14. The van der Waals surface area contributed by atoms with Gasteiger partial charge in [-0.25, -0.2) is 0 Å². The van der Waals surface area contributed by atoms with Crippen molar-refractivity contribution in [3.8, 4) is 0 Å². The van der Waals surface area contributed by atoms with E-state index in [9.17, 15) is 0 Å². The highest BCUT2D eigenvalue weighted by Crippen LogP contribution is 2.50. The predicted octanol–water partition coefficient (Wildman–Crippen LogP) is 6.35. The summed E-state index contributed by atoms with van der Waals surface area (Å²) in [5.41, 5.74) is 20.2. The van der Waals surface area contributed by atoms with Gasteiger partial charge in [0.05, 0.1) is 0 Å². The molecule has 2 aromatic carbocycles. The fourth-order valence-electron chi connectivity index (χ4n) is 4.98. The first-order chi connectivity index (χ1) is 12.8. The zero-order chi connectivity index (χ0) is 20.2. The molecule has 0 aliphatic heterocycles. The summed E-state index contributed by atoms with van der Waals surface area (Å²) >= 11 is 0. The molecule has 0 atom stereocenters. The maximum atomic E-state index is 6.77. The minimum absolute atomic E-state index is 0.207. The molecule has 0 aliphatic carbocycles. The molecular weight excluding hydrogens is 328 g/mol. The number of hydrogen-bond donors (Lipinski definition) is 2. The fraction of sp³-hybridized carbons (Fsp3) is 0.520. The summed E-state index contributed by atoms with van der Waals surface area (Å²) in [5, 5.41) is 0. The largest absolute Gasteiger partial charge is 0.398 e. The molecule has 2 aromatic rings. The molecule has 0 heterocycles. The second kappa shape index (κ2) is 8.82. The van der Waals surface area contributed by atoms with E-state index in [1.165, 1.54) is 22.3 Å². The normalized spacial score (nSPS) is 12.1. The highest BCUT2D eigenvalue weighted by atomic mass is 14.6. The van der Waals surface area contributed by atoms with Crippen LogP contribution in [0.5, 0.6) is 0 Å². The Morgan fingerprint density at radius 3 is 1.37 bits per heavy atom. The van der Waals surface area contributed by atoms with Crippen LogP contribution >= 0.6 is 0 Å². The number of anilines is 2. The van der Waals surface area contributed by atoms with Gasteiger partial charge >= 0.3 is 0 Å². The number of nitrogen functional groups attached to an aromatic ring is 2. The Kier molecular flexibility index (Phi) is 6.97. The van der Waals surface area contributed by atoms with E-state index in [1.807, 2.05) is 0 Å². The highest BCUT2D eigenvalue weighted by molar-refractivity contribution is 5.66. The van der Waals surface area contributed by atoms with Crippen molar-refractivity contribution in [2.24, 2.45) is 11.8 Å². The van der Waals surface area contributed by atoms with Gasteiger partial charge in [-0.05, 0) is 46.9 Å². The van der Waals surface area contributed by atoms with Crippen molar-refractivity contribution >= 4 is 11.4 Å². The topological polar surface area (TPSA) is 52.0 Å². The summed E-state index contributed by atoms with van der Waals surface area (Å²) in [7, 11) is 0. The fourth-order valence-corrected chi connectivity index (χ4v) is 4.98. The van der Waals surface area contributed by atoms with Crippen LogP contribution in [0.2, 0.25) is 0 Å². The molecule has 4 N–H and O–H groups in total. The lowest BCUT2D eigenvalue weighted by molar-refractivity contribution is 0.275. The van der Waals surface area contributed by atoms with Gasteiger partial charge in [-0.2, -0.15) is 0 Å². The van der Waals surface area contributed by atoms with Gasteiger partial charge in [-0.3, -0.25) is 0 Å². The Hall–Kier alpha value is -1.96. The van der Waals surface area contributed by atoms with Gasteiger partial charge in [0.15, 0.2) is 0 Å². The summed E-state index contributed by atoms with van der Waals surface area (Å²) in [6, 6.07) is 13.1. The minimum atomic E-state index is -0.207.